The van der Waals surface area contributed by atoms with E-state index in [9.17, 15) is 8.42 Å². The largest absolute Gasteiger partial charge is 0.378 e. The lowest BCUT2D eigenvalue weighted by molar-refractivity contribution is 0.530. The van der Waals surface area contributed by atoms with Gasteiger partial charge in [0.15, 0.2) is 0 Å². The number of hydrogen-bond donors (Lipinski definition) is 6. The highest BCUT2D eigenvalue weighted by atomic mass is 32.2. The molecule has 0 saturated carbocycles. The molecule has 2 aromatic rings. The third kappa shape index (κ3) is 2.93. The molecular weight excluding hydrogens is 354 g/mol. The molecule has 2 aliphatic heterocycles. The summed E-state index contributed by atoms with van der Waals surface area (Å²) >= 11 is 0. The van der Waals surface area contributed by atoms with E-state index in [2.05, 4.69) is 33.3 Å². The van der Waals surface area contributed by atoms with Gasteiger partial charge in [-0.25, -0.2) is 24.4 Å². The van der Waals surface area contributed by atoms with Crippen molar-refractivity contribution in [2.75, 3.05) is 5.32 Å². The molecule has 2 aromatic carbocycles. The average Bonchev–Trinajstić information content (AvgIpc) is 3.29. The number of benzene rings is 2. The Morgan fingerprint density at radius 1 is 1.15 bits per heavy atom. The Morgan fingerprint density at radius 2 is 1.92 bits per heavy atom. The molecule has 134 valence electrons. The molecule has 10 heteroatoms. The van der Waals surface area contributed by atoms with Crippen molar-refractivity contribution in [3.05, 3.63) is 58.7 Å². The van der Waals surface area contributed by atoms with Gasteiger partial charge in [-0.2, -0.15) is 16.3 Å². The van der Waals surface area contributed by atoms with Crippen LogP contribution in [-0.2, 0) is 16.4 Å². The van der Waals surface area contributed by atoms with Crippen molar-refractivity contribution >= 4 is 15.7 Å². The molecule has 0 spiro atoms. The van der Waals surface area contributed by atoms with Crippen molar-refractivity contribution in [3.8, 4) is 6.07 Å². The third-order valence-corrected chi connectivity index (χ3v) is 5.52. The number of sulfonamides is 1. The SMILES string of the molecule is N#Cc1ccc2c(c1)CC(c1cccc(S(N)(=O)=O)c1C1NNNN1)N2. The Kier molecular flexibility index (Phi) is 4.12. The Balaban J connectivity index is 1.79. The Hall–Kier alpha value is -2.52. The smallest absolute Gasteiger partial charge is 0.238 e. The van der Waals surface area contributed by atoms with Gasteiger partial charge in [0.05, 0.1) is 22.6 Å². The summed E-state index contributed by atoms with van der Waals surface area (Å²) in [7, 11) is -3.91. The number of hydrogen-bond acceptors (Lipinski definition) is 8. The molecule has 4 rings (SSSR count). The van der Waals surface area contributed by atoms with Crippen LogP contribution in [0.1, 0.15) is 34.5 Å². The second-order valence-corrected chi connectivity index (χ2v) is 7.69. The summed E-state index contributed by atoms with van der Waals surface area (Å²) in [6, 6.07) is 12.5. The van der Waals surface area contributed by atoms with Gasteiger partial charge in [-0.1, -0.05) is 12.1 Å². The van der Waals surface area contributed by atoms with Crippen molar-refractivity contribution in [3.63, 3.8) is 0 Å². The number of primary sulfonamides is 1. The fourth-order valence-corrected chi connectivity index (χ4v) is 4.25. The fraction of sp³-hybridized carbons (Fsp3) is 0.188. The molecule has 0 aromatic heterocycles. The molecule has 1 saturated heterocycles. The van der Waals surface area contributed by atoms with Crippen molar-refractivity contribution in [2.45, 2.75) is 23.5 Å². The third-order valence-electron chi connectivity index (χ3n) is 4.55. The first-order chi connectivity index (χ1) is 12.5. The number of nitrogens with one attached hydrogen (secondary N) is 5. The van der Waals surface area contributed by atoms with E-state index in [1.807, 2.05) is 18.2 Å². The van der Waals surface area contributed by atoms with Gasteiger partial charge in [-0.15, -0.1) is 0 Å². The molecule has 9 nitrogen and oxygen atoms in total. The van der Waals surface area contributed by atoms with Crippen molar-refractivity contribution in [1.29, 1.82) is 5.26 Å². The minimum Gasteiger partial charge on any atom is -0.378 e. The lowest BCUT2D eigenvalue weighted by atomic mass is 9.96. The number of anilines is 1. The van der Waals surface area contributed by atoms with Gasteiger partial charge in [0.2, 0.25) is 10.0 Å². The number of nitrogens with zero attached hydrogens (tertiary/aromatic N) is 1. The zero-order chi connectivity index (χ0) is 18.3. The van der Waals surface area contributed by atoms with E-state index < -0.39 is 16.2 Å². The highest BCUT2D eigenvalue weighted by Gasteiger charge is 2.31. The van der Waals surface area contributed by atoms with E-state index in [0.717, 1.165) is 16.8 Å². The van der Waals surface area contributed by atoms with Gasteiger partial charge in [-0.05, 0) is 41.8 Å². The molecule has 2 heterocycles. The van der Waals surface area contributed by atoms with Crippen LogP contribution in [0.25, 0.3) is 0 Å². The quantitative estimate of drug-likeness (QED) is 0.443. The maximum atomic E-state index is 12.1. The minimum atomic E-state index is -3.91. The van der Waals surface area contributed by atoms with Crippen molar-refractivity contribution in [1.82, 2.24) is 21.9 Å². The van der Waals surface area contributed by atoms with E-state index in [-0.39, 0.29) is 10.9 Å². The average molecular weight is 371 g/mol. The van der Waals surface area contributed by atoms with Crippen molar-refractivity contribution in [2.24, 2.45) is 5.14 Å². The zero-order valence-electron chi connectivity index (χ0n) is 13.6. The van der Waals surface area contributed by atoms with Crippen LogP contribution >= 0.6 is 0 Å². The second kappa shape index (κ2) is 6.33. The number of nitriles is 1. The van der Waals surface area contributed by atoms with Crippen LogP contribution in [0, 0.1) is 11.3 Å². The van der Waals surface area contributed by atoms with Gasteiger partial charge in [0.25, 0.3) is 0 Å². The Bertz CT molecular complexity index is 1010. The Morgan fingerprint density at radius 3 is 2.62 bits per heavy atom. The van der Waals surface area contributed by atoms with Crippen LogP contribution in [0.4, 0.5) is 5.69 Å². The molecule has 1 unspecified atom stereocenters. The van der Waals surface area contributed by atoms with E-state index >= 15 is 0 Å². The lowest BCUT2D eigenvalue weighted by Gasteiger charge is -2.22. The van der Waals surface area contributed by atoms with Crippen LogP contribution in [0.5, 0.6) is 0 Å². The van der Waals surface area contributed by atoms with Gasteiger partial charge in [0.1, 0.15) is 6.17 Å². The molecule has 7 N–H and O–H groups in total. The van der Waals surface area contributed by atoms with Gasteiger partial charge in [-0.3, -0.25) is 0 Å². The highest BCUT2D eigenvalue weighted by molar-refractivity contribution is 7.89. The minimum absolute atomic E-state index is 0.0565. The molecule has 26 heavy (non-hydrogen) atoms. The first-order valence-electron chi connectivity index (χ1n) is 7.93. The molecule has 2 aliphatic rings. The molecule has 0 amide bonds. The number of fused-ring (bicyclic) bond motifs is 1. The monoisotopic (exact) mass is 371 g/mol. The predicted molar refractivity (Wildman–Crippen MR) is 94.3 cm³/mol. The standard InChI is InChI=1S/C16H17N7O2S/c17-8-9-4-5-12-10(6-9)7-13(19-12)11-2-1-3-14(26(18,24)25)15(11)16-20-22-23-21-16/h1-6,13,16,19-23H,7H2,(H2,18,24,25). The van der Waals surface area contributed by atoms with Crippen LogP contribution in [-0.4, -0.2) is 8.42 Å². The molecular formula is C16H17N7O2S. The summed E-state index contributed by atoms with van der Waals surface area (Å²) in [5.74, 6) is 0. The van der Waals surface area contributed by atoms with E-state index in [1.165, 1.54) is 6.07 Å². The molecule has 1 fully saturated rings. The van der Waals surface area contributed by atoms with Crippen LogP contribution in [0.2, 0.25) is 0 Å². The maximum absolute atomic E-state index is 12.1. The molecule has 1 atom stereocenters. The lowest BCUT2D eigenvalue weighted by Crippen LogP contribution is -2.33. The molecule has 0 radical (unpaired) electrons. The fourth-order valence-electron chi connectivity index (χ4n) is 3.44. The van der Waals surface area contributed by atoms with Crippen LogP contribution in [0.3, 0.4) is 0 Å². The van der Waals surface area contributed by atoms with Gasteiger partial charge >= 0.3 is 0 Å². The first kappa shape index (κ1) is 16.9. The van der Waals surface area contributed by atoms with E-state index in [1.54, 1.807) is 12.1 Å². The normalized spacial score (nSPS) is 19.8. The number of nitrogens with two attached hydrogens (primary N) is 1. The molecule has 0 aliphatic carbocycles. The first-order valence-corrected chi connectivity index (χ1v) is 9.48. The summed E-state index contributed by atoms with van der Waals surface area (Å²) in [6.45, 7) is 0. The predicted octanol–water partition coefficient (Wildman–Crippen LogP) is 0.0306. The van der Waals surface area contributed by atoms with Gasteiger partial charge < -0.3 is 5.32 Å². The zero-order valence-corrected chi connectivity index (χ0v) is 14.4. The maximum Gasteiger partial charge on any atom is 0.238 e. The summed E-state index contributed by atoms with van der Waals surface area (Å²) < 4.78 is 24.2. The summed E-state index contributed by atoms with van der Waals surface area (Å²) in [5, 5.41) is 17.9. The molecule has 0 bridgehead atoms. The number of hydrazine groups is 3. The van der Waals surface area contributed by atoms with Crippen LogP contribution < -0.4 is 32.4 Å². The Labute approximate surface area is 150 Å². The van der Waals surface area contributed by atoms with E-state index in [0.29, 0.717) is 17.5 Å². The summed E-state index contributed by atoms with van der Waals surface area (Å²) in [5.41, 5.74) is 15.1. The highest BCUT2D eigenvalue weighted by Crippen LogP contribution is 2.38. The second-order valence-electron chi connectivity index (χ2n) is 6.16. The number of rotatable bonds is 3. The topological polar surface area (TPSA) is 144 Å². The van der Waals surface area contributed by atoms with Crippen molar-refractivity contribution < 1.29 is 8.42 Å². The summed E-state index contributed by atoms with van der Waals surface area (Å²) in [6.07, 6.45) is 0.152. The van der Waals surface area contributed by atoms with Crippen LogP contribution in [0.15, 0.2) is 41.3 Å². The van der Waals surface area contributed by atoms with Gasteiger partial charge in [0, 0.05) is 11.3 Å². The summed E-state index contributed by atoms with van der Waals surface area (Å²) in [4.78, 5) is 0.0565. The van der Waals surface area contributed by atoms with E-state index in [4.69, 9.17) is 10.4 Å².